The van der Waals surface area contributed by atoms with E-state index < -0.39 is 5.60 Å². The van der Waals surface area contributed by atoms with Crippen LogP contribution in [-0.4, -0.2) is 31.5 Å². The number of ether oxygens (including phenoxy) is 2. The molecular formula is C20H25FIN3O3. The van der Waals surface area contributed by atoms with Gasteiger partial charge in [-0.25, -0.2) is 4.39 Å². The van der Waals surface area contributed by atoms with Crippen LogP contribution in [0, 0.1) is 5.82 Å². The van der Waals surface area contributed by atoms with E-state index in [0.717, 1.165) is 5.56 Å². The summed E-state index contributed by atoms with van der Waals surface area (Å²) in [5.41, 5.74) is 1.12. The van der Waals surface area contributed by atoms with E-state index in [4.69, 9.17) is 9.47 Å². The van der Waals surface area contributed by atoms with E-state index >= 15 is 0 Å². The number of hydrogen-bond acceptors (Lipinski definition) is 4. The van der Waals surface area contributed by atoms with Crippen LogP contribution in [-0.2, 0) is 23.5 Å². The Bertz CT molecular complexity index is 816. The zero-order valence-electron chi connectivity index (χ0n) is 15.9. The third kappa shape index (κ3) is 5.55. The van der Waals surface area contributed by atoms with Gasteiger partial charge >= 0.3 is 0 Å². The normalized spacial score (nSPS) is 15.5. The van der Waals surface area contributed by atoms with Crippen molar-refractivity contribution in [2.24, 2.45) is 4.99 Å². The van der Waals surface area contributed by atoms with Gasteiger partial charge in [-0.15, -0.1) is 24.0 Å². The molecule has 1 atom stereocenters. The Kier molecular flexibility index (Phi) is 8.02. The number of aliphatic hydroxyl groups is 1. The summed E-state index contributed by atoms with van der Waals surface area (Å²) in [6.07, 6.45) is 0. The summed E-state index contributed by atoms with van der Waals surface area (Å²) >= 11 is 0. The van der Waals surface area contributed by atoms with Gasteiger partial charge in [0.25, 0.3) is 0 Å². The summed E-state index contributed by atoms with van der Waals surface area (Å²) in [6, 6.07) is 12.3. The lowest BCUT2D eigenvalue weighted by Crippen LogP contribution is -2.44. The minimum atomic E-state index is -1.06. The highest BCUT2D eigenvalue weighted by atomic mass is 127. The number of aliphatic imine (C=N–C) groups is 1. The van der Waals surface area contributed by atoms with Gasteiger partial charge in [0.05, 0.1) is 13.2 Å². The van der Waals surface area contributed by atoms with Crippen molar-refractivity contribution < 1.29 is 19.0 Å². The standard InChI is InChI=1S/C20H24FN3O3.HI/c1-20(25,16-6-4-3-5-7-16)12-24-19(22-2)23-10-14-8-17(21)9-15-11-26-13-27-18(14)15;/h3-9,25H,10-13H2,1-2H3,(H2,22,23,24);1H. The minimum Gasteiger partial charge on any atom is -0.467 e. The minimum absolute atomic E-state index is 0. The lowest BCUT2D eigenvalue weighted by Gasteiger charge is -2.26. The van der Waals surface area contributed by atoms with Crippen molar-refractivity contribution in [3.05, 3.63) is 65.0 Å². The number of rotatable bonds is 5. The van der Waals surface area contributed by atoms with Crippen molar-refractivity contribution in [1.82, 2.24) is 10.6 Å². The molecule has 6 nitrogen and oxygen atoms in total. The molecule has 0 saturated carbocycles. The highest BCUT2D eigenvalue weighted by molar-refractivity contribution is 14.0. The van der Waals surface area contributed by atoms with E-state index in [9.17, 15) is 9.50 Å². The number of nitrogens with zero attached hydrogens (tertiary/aromatic N) is 1. The molecule has 2 aromatic carbocycles. The number of halogens is 2. The molecule has 1 unspecified atom stereocenters. The third-order valence-corrected chi connectivity index (χ3v) is 4.42. The van der Waals surface area contributed by atoms with Gasteiger partial charge < -0.3 is 25.2 Å². The zero-order chi connectivity index (χ0) is 19.3. The van der Waals surface area contributed by atoms with Crippen LogP contribution in [0.2, 0.25) is 0 Å². The second-order valence-corrected chi connectivity index (χ2v) is 6.58. The van der Waals surface area contributed by atoms with E-state index in [0.29, 0.717) is 36.0 Å². The zero-order valence-corrected chi connectivity index (χ0v) is 18.2. The third-order valence-electron chi connectivity index (χ3n) is 4.42. The van der Waals surface area contributed by atoms with Gasteiger partial charge in [0.15, 0.2) is 12.8 Å². The summed E-state index contributed by atoms with van der Waals surface area (Å²) in [6.45, 7) is 2.81. The smallest absolute Gasteiger partial charge is 0.191 e. The summed E-state index contributed by atoms with van der Waals surface area (Å²) in [5, 5.41) is 16.9. The predicted octanol–water partition coefficient (Wildman–Crippen LogP) is 2.88. The molecule has 0 amide bonds. The Morgan fingerprint density at radius 2 is 2.00 bits per heavy atom. The van der Waals surface area contributed by atoms with E-state index in [1.54, 1.807) is 14.0 Å². The molecule has 8 heteroatoms. The van der Waals surface area contributed by atoms with Gasteiger partial charge in [-0.1, -0.05) is 30.3 Å². The largest absolute Gasteiger partial charge is 0.467 e. The van der Waals surface area contributed by atoms with E-state index in [1.807, 2.05) is 30.3 Å². The SMILES string of the molecule is CN=C(NCc1cc(F)cc2c1OCOC2)NCC(C)(O)c1ccccc1.I. The molecule has 3 rings (SSSR count). The first-order chi connectivity index (χ1) is 13.0. The van der Waals surface area contributed by atoms with Crippen molar-refractivity contribution in [2.75, 3.05) is 20.4 Å². The molecule has 0 bridgehead atoms. The van der Waals surface area contributed by atoms with Crippen molar-refractivity contribution in [3.8, 4) is 5.75 Å². The number of hydrogen-bond donors (Lipinski definition) is 3. The van der Waals surface area contributed by atoms with Crippen LogP contribution in [0.1, 0.15) is 23.6 Å². The number of benzene rings is 2. The van der Waals surface area contributed by atoms with Crippen LogP contribution in [0.4, 0.5) is 4.39 Å². The first kappa shape index (κ1) is 22.4. The van der Waals surface area contributed by atoms with Crippen molar-refractivity contribution in [3.63, 3.8) is 0 Å². The van der Waals surface area contributed by atoms with Crippen molar-refractivity contribution in [1.29, 1.82) is 0 Å². The number of nitrogens with one attached hydrogen (secondary N) is 2. The molecule has 28 heavy (non-hydrogen) atoms. The van der Waals surface area contributed by atoms with Crippen LogP contribution < -0.4 is 15.4 Å². The number of fused-ring (bicyclic) bond motifs is 1. The number of guanidine groups is 1. The maximum atomic E-state index is 13.8. The summed E-state index contributed by atoms with van der Waals surface area (Å²) in [4.78, 5) is 4.16. The summed E-state index contributed by atoms with van der Waals surface area (Å²) in [5.74, 6) is 0.799. The van der Waals surface area contributed by atoms with Crippen LogP contribution in [0.15, 0.2) is 47.5 Å². The van der Waals surface area contributed by atoms with Crippen LogP contribution in [0.25, 0.3) is 0 Å². The molecule has 0 aromatic heterocycles. The summed E-state index contributed by atoms with van der Waals surface area (Å²) in [7, 11) is 1.64. The maximum Gasteiger partial charge on any atom is 0.191 e. The van der Waals surface area contributed by atoms with Gasteiger partial charge in [0.1, 0.15) is 17.2 Å². The molecular weight excluding hydrogens is 476 g/mol. The molecule has 1 aliphatic rings. The highest BCUT2D eigenvalue weighted by Crippen LogP contribution is 2.29. The Labute approximate surface area is 181 Å². The first-order valence-electron chi connectivity index (χ1n) is 8.74. The average Bonchev–Trinajstić information content (AvgIpc) is 2.68. The van der Waals surface area contributed by atoms with Crippen LogP contribution in [0.3, 0.4) is 0 Å². The molecule has 1 heterocycles. The molecule has 152 valence electrons. The monoisotopic (exact) mass is 501 g/mol. The highest BCUT2D eigenvalue weighted by Gasteiger charge is 2.23. The van der Waals surface area contributed by atoms with E-state index in [2.05, 4.69) is 15.6 Å². The predicted molar refractivity (Wildman–Crippen MR) is 116 cm³/mol. The molecule has 0 radical (unpaired) electrons. The lowest BCUT2D eigenvalue weighted by atomic mass is 9.96. The molecule has 0 saturated heterocycles. The van der Waals surface area contributed by atoms with Crippen LogP contribution >= 0.6 is 24.0 Å². The fourth-order valence-electron chi connectivity index (χ4n) is 2.94. The van der Waals surface area contributed by atoms with E-state index in [-0.39, 0.29) is 43.1 Å². The second kappa shape index (κ2) is 10.0. The van der Waals surface area contributed by atoms with Gasteiger partial charge in [0.2, 0.25) is 0 Å². The second-order valence-electron chi connectivity index (χ2n) is 6.58. The van der Waals surface area contributed by atoms with Gasteiger partial charge in [-0.3, -0.25) is 4.99 Å². The van der Waals surface area contributed by atoms with E-state index in [1.165, 1.54) is 12.1 Å². The Hall–Kier alpha value is -1.91. The molecule has 0 fully saturated rings. The summed E-state index contributed by atoms with van der Waals surface area (Å²) < 4.78 is 24.6. The quantitative estimate of drug-likeness (QED) is 0.334. The molecule has 2 aromatic rings. The maximum absolute atomic E-state index is 13.8. The molecule has 1 aliphatic heterocycles. The Morgan fingerprint density at radius 3 is 2.71 bits per heavy atom. The molecule has 0 aliphatic carbocycles. The van der Waals surface area contributed by atoms with Crippen molar-refractivity contribution >= 4 is 29.9 Å². The average molecular weight is 501 g/mol. The fraction of sp³-hybridized carbons (Fsp3) is 0.350. The lowest BCUT2D eigenvalue weighted by molar-refractivity contribution is -0.0173. The molecule has 0 spiro atoms. The topological polar surface area (TPSA) is 75.1 Å². The fourth-order valence-corrected chi connectivity index (χ4v) is 2.94. The van der Waals surface area contributed by atoms with Gasteiger partial charge in [0, 0.05) is 24.7 Å². The Morgan fingerprint density at radius 1 is 1.25 bits per heavy atom. The van der Waals surface area contributed by atoms with Crippen LogP contribution in [0.5, 0.6) is 5.75 Å². The Balaban J connectivity index is 0.00000280. The van der Waals surface area contributed by atoms with Gasteiger partial charge in [-0.05, 0) is 24.6 Å². The first-order valence-corrected chi connectivity index (χ1v) is 8.74. The van der Waals surface area contributed by atoms with Crippen molar-refractivity contribution in [2.45, 2.75) is 25.7 Å². The molecule has 3 N–H and O–H groups in total. The van der Waals surface area contributed by atoms with Gasteiger partial charge in [-0.2, -0.15) is 0 Å².